The van der Waals surface area contributed by atoms with Crippen molar-refractivity contribution in [3.63, 3.8) is 0 Å². The number of fused-ring (bicyclic) bond motifs is 3. The summed E-state index contributed by atoms with van der Waals surface area (Å²) < 4.78 is 0. The van der Waals surface area contributed by atoms with Crippen LogP contribution in [0, 0.1) is 34.5 Å². The second kappa shape index (κ2) is 8.47. The van der Waals surface area contributed by atoms with Crippen LogP contribution in [-0.2, 0) is 24.0 Å². The van der Waals surface area contributed by atoms with Gasteiger partial charge < -0.3 is 10.4 Å². The summed E-state index contributed by atoms with van der Waals surface area (Å²) in [5.74, 6) is -1.92. The average molecular weight is 434 g/mol. The molecule has 0 aromatic heterocycles. The van der Waals surface area contributed by atoms with Crippen LogP contribution in [0.1, 0.15) is 79.1 Å². The topological polar surface area (TPSA) is 118 Å². The summed E-state index contributed by atoms with van der Waals surface area (Å²) in [5.41, 5.74) is -1.55. The molecule has 0 heterocycles. The molecule has 3 aliphatic carbocycles. The Kier molecular flexibility index (Phi) is 6.45. The number of hydrogen-bond donors (Lipinski definition) is 2. The van der Waals surface area contributed by atoms with Gasteiger partial charge in [-0.2, -0.15) is 0 Å². The van der Waals surface area contributed by atoms with Gasteiger partial charge in [0.25, 0.3) is 0 Å². The highest BCUT2D eigenvalue weighted by Crippen LogP contribution is 2.60. The van der Waals surface area contributed by atoms with E-state index in [4.69, 9.17) is 0 Å². The summed E-state index contributed by atoms with van der Waals surface area (Å²) in [5, 5.41) is 12.0. The van der Waals surface area contributed by atoms with E-state index in [-0.39, 0.29) is 54.4 Å². The van der Waals surface area contributed by atoms with Gasteiger partial charge in [0.05, 0.1) is 0 Å². The van der Waals surface area contributed by atoms with Crippen molar-refractivity contribution in [1.29, 1.82) is 0 Å². The van der Waals surface area contributed by atoms with E-state index in [2.05, 4.69) is 5.32 Å². The lowest BCUT2D eigenvalue weighted by molar-refractivity contribution is -0.160. The maximum absolute atomic E-state index is 13.2. The minimum Gasteiger partial charge on any atom is -0.480 e. The average Bonchev–Trinajstić information content (AvgIpc) is 3.00. The first-order valence-electron chi connectivity index (χ1n) is 11.6. The number of carbonyl (C=O) groups is 5. The molecule has 7 heteroatoms. The van der Waals surface area contributed by atoms with Crippen LogP contribution < -0.4 is 5.32 Å². The Hall–Kier alpha value is -2.05. The van der Waals surface area contributed by atoms with Gasteiger partial charge in [0.1, 0.15) is 23.4 Å². The normalized spacial score (nSPS) is 37.0. The molecular weight excluding hydrogens is 398 g/mol. The van der Waals surface area contributed by atoms with Crippen molar-refractivity contribution in [2.24, 2.45) is 34.5 Å². The Morgan fingerprint density at radius 3 is 2.39 bits per heavy atom. The van der Waals surface area contributed by atoms with Crippen LogP contribution >= 0.6 is 0 Å². The third-order valence-corrected chi connectivity index (χ3v) is 8.67. The number of amides is 1. The largest absolute Gasteiger partial charge is 0.480 e. The highest BCUT2D eigenvalue weighted by molar-refractivity contribution is 5.99. The quantitative estimate of drug-likeness (QED) is 0.637. The number of hydrogen-bond acceptors (Lipinski definition) is 5. The van der Waals surface area contributed by atoms with Crippen molar-refractivity contribution in [2.45, 2.75) is 85.1 Å². The predicted octanol–water partition coefficient (Wildman–Crippen LogP) is 2.94. The molecule has 31 heavy (non-hydrogen) atoms. The zero-order chi connectivity index (χ0) is 23.1. The van der Waals surface area contributed by atoms with Crippen LogP contribution in [0.3, 0.4) is 0 Å². The second-order valence-electron chi connectivity index (χ2n) is 10.4. The van der Waals surface area contributed by atoms with Gasteiger partial charge in [-0.05, 0) is 37.0 Å². The van der Waals surface area contributed by atoms with Crippen molar-refractivity contribution in [1.82, 2.24) is 5.32 Å². The summed E-state index contributed by atoms with van der Waals surface area (Å²) in [7, 11) is 0. The molecule has 2 N–H and O–H groups in total. The molecule has 0 unspecified atom stereocenters. The molecule has 0 aromatic carbocycles. The molecule has 3 aliphatic rings. The van der Waals surface area contributed by atoms with Gasteiger partial charge in [-0.15, -0.1) is 0 Å². The molecule has 1 amide bonds. The number of rotatable bonds is 7. The Labute approximate surface area is 183 Å². The van der Waals surface area contributed by atoms with Gasteiger partial charge in [0.15, 0.2) is 0 Å². The Bertz CT molecular complexity index is 806. The molecule has 3 saturated carbocycles. The summed E-state index contributed by atoms with van der Waals surface area (Å²) in [6.45, 7) is 7.34. The number of Topliss-reactive ketones (excluding diaryl/α,β-unsaturated/α-hetero) is 3. The second-order valence-corrected chi connectivity index (χ2v) is 10.4. The van der Waals surface area contributed by atoms with Crippen molar-refractivity contribution >= 4 is 29.2 Å². The van der Waals surface area contributed by atoms with E-state index in [1.807, 2.05) is 13.8 Å². The maximum atomic E-state index is 13.2. The fraction of sp³-hybridized carbons (Fsp3) is 0.792. The molecule has 0 aliphatic heterocycles. The summed E-state index contributed by atoms with van der Waals surface area (Å²) >= 11 is 0. The van der Waals surface area contributed by atoms with Gasteiger partial charge >= 0.3 is 5.97 Å². The van der Waals surface area contributed by atoms with Crippen LogP contribution in [0.25, 0.3) is 0 Å². The fourth-order valence-electron chi connectivity index (χ4n) is 6.51. The summed E-state index contributed by atoms with van der Waals surface area (Å²) in [6.07, 6.45) is 3.26. The van der Waals surface area contributed by atoms with E-state index in [1.54, 1.807) is 13.8 Å². The highest BCUT2D eigenvalue weighted by Gasteiger charge is 2.62. The Morgan fingerprint density at radius 2 is 1.77 bits per heavy atom. The number of carboxylic acids is 1. The third kappa shape index (κ3) is 3.96. The van der Waals surface area contributed by atoms with Gasteiger partial charge in [-0.3, -0.25) is 19.2 Å². The SMILES string of the molecule is CC[C@H](C)[C@H](NC(=O)CC[C@@]1(C)C(=O)CC[C@@H]2[C@@H]1C(=O)C[C@]1(C)C(=O)CC[C@@H]21)C(=O)O. The van der Waals surface area contributed by atoms with Crippen LogP contribution in [0.15, 0.2) is 0 Å². The van der Waals surface area contributed by atoms with E-state index in [0.717, 1.165) is 6.42 Å². The first-order chi connectivity index (χ1) is 14.5. The predicted molar refractivity (Wildman–Crippen MR) is 113 cm³/mol. The van der Waals surface area contributed by atoms with Crippen LogP contribution in [0.5, 0.6) is 0 Å². The minimum atomic E-state index is -1.07. The van der Waals surface area contributed by atoms with Crippen LogP contribution in [0.4, 0.5) is 0 Å². The van der Waals surface area contributed by atoms with E-state index in [1.165, 1.54) is 0 Å². The van der Waals surface area contributed by atoms with Crippen molar-refractivity contribution in [3.8, 4) is 0 Å². The van der Waals surface area contributed by atoms with E-state index in [9.17, 15) is 29.1 Å². The van der Waals surface area contributed by atoms with Gasteiger partial charge in [-0.25, -0.2) is 4.79 Å². The van der Waals surface area contributed by atoms with Crippen LogP contribution in [-0.4, -0.2) is 40.4 Å². The lowest BCUT2D eigenvalue weighted by Gasteiger charge is -2.53. The number of nitrogens with one attached hydrogen (secondary N) is 1. The first kappa shape index (κ1) is 23.6. The molecule has 7 nitrogen and oxygen atoms in total. The maximum Gasteiger partial charge on any atom is 0.326 e. The molecule has 0 radical (unpaired) electrons. The molecule has 172 valence electrons. The molecular formula is C24H35NO6. The molecule has 0 bridgehead atoms. The Morgan fingerprint density at radius 1 is 1.13 bits per heavy atom. The zero-order valence-electron chi connectivity index (χ0n) is 19.0. The van der Waals surface area contributed by atoms with Crippen molar-refractivity contribution < 1.29 is 29.1 Å². The van der Waals surface area contributed by atoms with Gasteiger partial charge in [-0.1, -0.05) is 34.1 Å². The number of ketones is 3. The van der Waals surface area contributed by atoms with E-state index in [0.29, 0.717) is 25.7 Å². The minimum absolute atomic E-state index is 0.000179. The lowest BCUT2D eigenvalue weighted by atomic mass is 9.48. The lowest BCUT2D eigenvalue weighted by Crippen LogP contribution is -2.56. The molecule has 0 spiro atoms. The standard InChI is InChI=1S/C24H35NO6/c1-5-13(2)21(22(30)31)25-19(29)10-11-23(3)17(27)8-6-14-15-7-9-18(28)24(15,4)12-16(26)20(14)23/h13-15,20-21H,5-12H2,1-4H3,(H,25,29)(H,30,31)/t13-,14-,15-,20+,21-,23-,24-/m0/s1. The smallest absolute Gasteiger partial charge is 0.326 e. The summed E-state index contributed by atoms with van der Waals surface area (Å²) in [4.78, 5) is 62.8. The highest BCUT2D eigenvalue weighted by atomic mass is 16.4. The molecule has 7 atom stereocenters. The molecule has 0 saturated heterocycles. The van der Waals surface area contributed by atoms with Crippen molar-refractivity contribution in [2.75, 3.05) is 0 Å². The first-order valence-corrected chi connectivity index (χ1v) is 11.6. The monoisotopic (exact) mass is 433 g/mol. The van der Waals surface area contributed by atoms with E-state index < -0.39 is 34.7 Å². The number of aliphatic carboxylic acids is 1. The Balaban J connectivity index is 1.76. The zero-order valence-corrected chi connectivity index (χ0v) is 19.0. The molecule has 0 aromatic rings. The number of carboxylic acid groups (broad SMARTS) is 1. The summed E-state index contributed by atoms with van der Waals surface area (Å²) in [6, 6.07) is -0.971. The van der Waals surface area contributed by atoms with Gasteiger partial charge in [0, 0.05) is 42.4 Å². The third-order valence-electron chi connectivity index (χ3n) is 8.67. The molecule has 3 fully saturated rings. The van der Waals surface area contributed by atoms with E-state index >= 15 is 0 Å². The van der Waals surface area contributed by atoms with Crippen molar-refractivity contribution in [3.05, 3.63) is 0 Å². The number of carbonyl (C=O) groups excluding carboxylic acids is 4. The molecule has 3 rings (SSSR count). The van der Waals surface area contributed by atoms with Crippen LogP contribution in [0.2, 0.25) is 0 Å². The fourth-order valence-corrected chi connectivity index (χ4v) is 6.51. The van der Waals surface area contributed by atoms with Gasteiger partial charge in [0.2, 0.25) is 5.91 Å².